The van der Waals surface area contributed by atoms with Gasteiger partial charge in [0.2, 0.25) is 0 Å². The van der Waals surface area contributed by atoms with Crippen molar-refractivity contribution in [3.63, 3.8) is 0 Å². The van der Waals surface area contributed by atoms with Crippen molar-refractivity contribution < 1.29 is 19.4 Å². The molecule has 0 radical (unpaired) electrons. The van der Waals surface area contributed by atoms with E-state index in [0.29, 0.717) is 22.2 Å². The van der Waals surface area contributed by atoms with E-state index in [1.165, 1.54) is 11.8 Å². The van der Waals surface area contributed by atoms with E-state index < -0.39 is 5.97 Å². The van der Waals surface area contributed by atoms with Gasteiger partial charge < -0.3 is 14.6 Å². The van der Waals surface area contributed by atoms with Crippen molar-refractivity contribution in [2.75, 3.05) is 12.4 Å². The summed E-state index contributed by atoms with van der Waals surface area (Å²) in [6, 6.07) is 16.7. The molecule has 1 aliphatic heterocycles. The number of esters is 1. The van der Waals surface area contributed by atoms with E-state index in [4.69, 9.17) is 9.47 Å². The zero-order valence-corrected chi connectivity index (χ0v) is 14.5. The Kier molecular flexibility index (Phi) is 5.40. The second kappa shape index (κ2) is 7.90. The number of carbonyl (C=O) groups excluding carboxylic acids is 1. The molecule has 0 aromatic heterocycles. The summed E-state index contributed by atoms with van der Waals surface area (Å²) in [4.78, 5) is 16.4. The maximum absolute atomic E-state index is 12.0. The lowest BCUT2D eigenvalue weighted by molar-refractivity contribution is -0.138. The highest BCUT2D eigenvalue weighted by atomic mass is 32.2. The number of para-hydroxylation sites is 1. The molecule has 1 N–H and O–H groups in total. The molecule has 6 heteroatoms. The molecule has 0 spiro atoms. The smallest absolute Gasteiger partial charge is 0.344 e. The average Bonchev–Trinajstić information content (AvgIpc) is 2.98. The molecule has 128 valence electrons. The van der Waals surface area contributed by atoms with Crippen LogP contribution in [-0.2, 0) is 9.53 Å². The van der Waals surface area contributed by atoms with Gasteiger partial charge in [-0.2, -0.15) is 0 Å². The lowest BCUT2D eigenvalue weighted by Gasteiger charge is -2.06. The van der Waals surface area contributed by atoms with Gasteiger partial charge in [-0.3, -0.25) is 0 Å². The first-order valence-electron chi connectivity index (χ1n) is 7.81. The number of aliphatic imine (C=N–C) groups is 1. The Morgan fingerprint density at radius 1 is 1.12 bits per heavy atom. The summed E-state index contributed by atoms with van der Waals surface area (Å²) in [5.41, 5.74) is 0.816. The van der Waals surface area contributed by atoms with Crippen molar-refractivity contribution in [1.82, 2.24) is 0 Å². The van der Waals surface area contributed by atoms with Crippen LogP contribution in [0.4, 0.5) is 5.69 Å². The molecule has 0 saturated carbocycles. The summed E-state index contributed by atoms with van der Waals surface area (Å²) in [7, 11) is 0. The Balaban J connectivity index is 1.76. The van der Waals surface area contributed by atoms with E-state index in [-0.39, 0.29) is 17.9 Å². The summed E-state index contributed by atoms with van der Waals surface area (Å²) in [6.45, 7) is 1.97. The predicted molar refractivity (Wildman–Crippen MR) is 98.8 cm³/mol. The van der Waals surface area contributed by atoms with Crippen molar-refractivity contribution in [3.05, 3.63) is 65.9 Å². The van der Waals surface area contributed by atoms with Gasteiger partial charge in [0.15, 0.2) is 0 Å². The van der Waals surface area contributed by atoms with E-state index in [1.54, 1.807) is 31.2 Å². The van der Waals surface area contributed by atoms with E-state index in [9.17, 15) is 9.90 Å². The summed E-state index contributed by atoms with van der Waals surface area (Å²) < 4.78 is 10.7. The minimum absolute atomic E-state index is 0.00577. The number of carbonyl (C=O) groups is 1. The number of aliphatic hydroxyl groups excluding tert-OH is 1. The van der Waals surface area contributed by atoms with Gasteiger partial charge in [0.05, 0.1) is 18.0 Å². The number of nitrogens with zero attached hydrogens (tertiary/aromatic N) is 1. The van der Waals surface area contributed by atoms with Crippen LogP contribution in [0.25, 0.3) is 0 Å². The van der Waals surface area contributed by atoms with Gasteiger partial charge in [-0.1, -0.05) is 30.0 Å². The summed E-state index contributed by atoms with van der Waals surface area (Å²) >= 11 is 1.31. The van der Waals surface area contributed by atoms with Crippen molar-refractivity contribution in [1.29, 1.82) is 0 Å². The van der Waals surface area contributed by atoms with E-state index in [0.717, 1.165) is 5.75 Å². The van der Waals surface area contributed by atoms with Crippen LogP contribution in [0.5, 0.6) is 11.5 Å². The Labute approximate surface area is 150 Å². The van der Waals surface area contributed by atoms with Crippen LogP contribution in [0.3, 0.4) is 0 Å². The van der Waals surface area contributed by atoms with Gasteiger partial charge in [-0.15, -0.1) is 0 Å². The molecule has 0 saturated heterocycles. The second-order valence-corrected chi connectivity index (χ2v) is 6.12. The second-order valence-electron chi connectivity index (χ2n) is 5.16. The van der Waals surface area contributed by atoms with E-state index >= 15 is 0 Å². The zero-order valence-electron chi connectivity index (χ0n) is 13.6. The van der Waals surface area contributed by atoms with Gasteiger partial charge >= 0.3 is 5.97 Å². The minimum atomic E-state index is -0.548. The van der Waals surface area contributed by atoms with Crippen LogP contribution in [0.15, 0.2) is 70.9 Å². The number of rotatable bonds is 5. The molecule has 3 rings (SSSR count). The maximum atomic E-state index is 12.0. The normalized spacial score (nSPS) is 15.5. The molecular formula is C19H17NO4S. The highest BCUT2D eigenvalue weighted by molar-refractivity contribution is 8.15. The predicted octanol–water partition coefficient (Wildman–Crippen LogP) is 4.63. The van der Waals surface area contributed by atoms with Crippen molar-refractivity contribution >= 4 is 28.5 Å². The summed E-state index contributed by atoms with van der Waals surface area (Å²) in [6.07, 6.45) is 0. The van der Waals surface area contributed by atoms with Crippen molar-refractivity contribution in [2.45, 2.75) is 6.92 Å². The topological polar surface area (TPSA) is 68.1 Å². The monoisotopic (exact) mass is 355 g/mol. The Bertz CT molecular complexity index is 813. The fourth-order valence-corrected chi connectivity index (χ4v) is 3.16. The molecule has 0 atom stereocenters. The zero-order chi connectivity index (χ0) is 17.6. The number of hydrogen-bond acceptors (Lipinski definition) is 6. The molecule has 0 aliphatic carbocycles. The van der Waals surface area contributed by atoms with Crippen molar-refractivity contribution in [2.24, 2.45) is 4.99 Å². The van der Waals surface area contributed by atoms with Gasteiger partial charge in [-0.25, -0.2) is 9.79 Å². The lowest BCUT2D eigenvalue weighted by atomic mass is 10.2. The first-order valence-corrected chi connectivity index (χ1v) is 8.80. The largest absolute Gasteiger partial charge is 0.510 e. The van der Waals surface area contributed by atoms with Crippen LogP contribution in [0.1, 0.15) is 6.92 Å². The molecule has 0 fully saturated rings. The maximum Gasteiger partial charge on any atom is 0.344 e. The number of ether oxygens (including phenoxy) is 2. The molecule has 2 aromatic carbocycles. The van der Waals surface area contributed by atoms with Gasteiger partial charge in [0.25, 0.3) is 0 Å². The van der Waals surface area contributed by atoms with E-state index in [2.05, 4.69) is 4.99 Å². The fraction of sp³-hybridized carbons (Fsp3) is 0.158. The number of benzene rings is 2. The van der Waals surface area contributed by atoms with Crippen LogP contribution in [0.2, 0.25) is 0 Å². The van der Waals surface area contributed by atoms with Crippen LogP contribution < -0.4 is 4.74 Å². The molecule has 5 nitrogen and oxygen atoms in total. The summed E-state index contributed by atoms with van der Waals surface area (Å²) in [5.74, 6) is 1.23. The molecule has 25 heavy (non-hydrogen) atoms. The van der Waals surface area contributed by atoms with Crippen LogP contribution in [-0.4, -0.2) is 28.5 Å². The molecule has 1 heterocycles. The third-order valence-electron chi connectivity index (χ3n) is 3.37. The molecule has 0 amide bonds. The molecule has 1 aliphatic rings. The van der Waals surface area contributed by atoms with Crippen molar-refractivity contribution in [3.8, 4) is 11.5 Å². The first-order chi connectivity index (χ1) is 12.2. The third kappa shape index (κ3) is 4.22. The number of hydrogen-bond donors (Lipinski definition) is 1. The lowest BCUT2D eigenvalue weighted by Crippen LogP contribution is -2.12. The summed E-state index contributed by atoms with van der Waals surface area (Å²) in [5, 5.41) is 10.4. The van der Waals surface area contributed by atoms with Gasteiger partial charge in [0.1, 0.15) is 27.9 Å². The minimum Gasteiger partial charge on any atom is -0.510 e. The molecular weight excluding hydrogens is 338 g/mol. The molecule has 0 unspecified atom stereocenters. The van der Waals surface area contributed by atoms with Crippen LogP contribution in [0, 0.1) is 0 Å². The highest BCUT2D eigenvalue weighted by Gasteiger charge is 2.29. The van der Waals surface area contributed by atoms with Crippen LogP contribution >= 0.6 is 11.8 Å². The molecule has 2 aromatic rings. The standard InChI is InChI=1S/C19H17NO4S/c1-2-23-19(22)17-16(21)12-25-18(17)20-13-8-10-15(11-9-13)24-14-6-4-3-5-7-14/h3-11,21H,2,12H2,1H3. The quantitative estimate of drug-likeness (QED) is 0.792. The van der Waals surface area contributed by atoms with E-state index in [1.807, 2.05) is 30.3 Å². The SMILES string of the molecule is CCOC(=O)C1=C(O)CSC1=Nc1ccc(Oc2ccccc2)cc1. The number of thioether (sulfide) groups is 1. The van der Waals surface area contributed by atoms with Gasteiger partial charge in [0, 0.05) is 0 Å². The Hall–Kier alpha value is -2.73. The Morgan fingerprint density at radius 3 is 2.48 bits per heavy atom. The third-order valence-corrected chi connectivity index (χ3v) is 4.36. The average molecular weight is 355 g/mol. The fourth-order valence-electron chi connectivity index (χ4n) is 2.23. The highest BCUT2D eigenvalue weighted by Crippen LogP contribution is 2.31. The first kappa shape index (κ1) is 17.1. The van der Waals surface area contributed by atoms with Gasteiger partial charge in [-0.05, 0) is 43.3 Å². The Morgan fingerprint density at radius 2 is 1.80 bits per heavy atom. The number of aliphatic hydroxyl groups is 1. The molecule has 0 bridgehead atoms.